The Hall–Kier alpha value is -3.13. The van der Waals surface area contributed by atoms with Gasteiger partial charge in [-0.3, -0.25) is 0 Å². The molecule has 0 spiro atoms. The topological polar surface area (TPSA) is 26.3 Å². The highest BCUT2D eigenvalue weighted by molar-refractivity contribution is 5.85. The maximum absolute atomic E-state index is 11.3. The largest absolute Gasteiger partial charge is 0.423 e. The Morgan fingerprint density at radius 3 is 2.38 bits per heavy atom. The van der Waals surface area contributed by atoms with Crippen LogP contribution in [0.4, 0.5) is 0 Å². The Morgan fingerprint density at radius 2 is 1.58 bits per heavy atom. The van der Waals surface area contributed by atoms with Crippen molar-refractivity contribution in [2.75, 3.05) is 0 Å². The molecule has 0 bridgehead atoms. The molecule has 3 aromatic rings. The van der Waals surface area contributed by atoms with Crippen LogP contribution >= 0.6 is 0 Å². The molecule has 0 aromatic heterocycles. The molecular weight excluding hydrogens is 296 g/mol. The quantitative estimate of drug-likeness (QED) is 0.302. The van der Waals surface area contributed by atoms with Gasteiger partial charge in [0, 0.05) is 6.08 Å². The van der Waals surface area contributed by atoms with Crippen molar-refractivity contribution in [2.24, 2.45) is 0 Å². The lowest BCUT2D eigenvalue weighted by molar-refractivity contribution is -0.128. The number of rotatable bonds is 3. The smallest absolute Gasteiger partial charge is 0.335 e. The molecule has 24 heavy (non-hydrogen) atoms. The summed E-state index contributed by atoms with van der Waals surface area (Å²) in [5.41, 5.74) is 7.71. The predicted octanol–water partition coefficient (Wildman–Crippen LogP) is 5.02. The molecule has 0 heterocycles. The minimum Gasteiger partial charge on any atom is -0.423 e. The SMILES string of the molecule is C=CC(=O)Oc1ccc(-c2cccc3c2Cc2ccccc2-3)cc1. The van der Waals surface area contributed by atoms with Crippen molar-refractivity contribution < 1.29 is 9.53 Å². The molecular formula is C22H16O2. The van der Waals surface area contributed by atoms with Crippen LogP contribution in [-0.4, -0.2) is 5.97 Å². The van der Waals surface area contributed by atoms with E-state index in [0.29, 0.717) is 5.75 Å². The van der Waals surface area contributed by atoms with Gasteiger partial charge in [-0.05, 0) is 51.9 Å². The number of hydrogen-bond acceptors (Lipinski definition) is 2. The van der Waals surface area contributed by atoms with Gasteiger partial charge in [0.05, 0.1) is 0 Å². The van der Waals surface area contributed by atoms with Gasteiger partial charge in [-0.15, -0.1) is 0 Å². The van der Waals surface area contributed by atoms with Crippen LogP contribution < -0.4 is 4.74 Å². The summed E-state index contributed by atoms with van der Waals surface area (Å²) in [5.74, 6) is 0.0818. The van der Waals surface area contributed by atoms with Crippen LogP contribution in [0, 0.1) is 0 Å². The van der Waals surface area contributed by atoms with Crippen molar-refractivity contribution in [1.82, 2.24) is 0 Å². The van der Waals surface area contributed by atoms with Crippen LogP contribution in [0.2, 0.25) is 0 Å². The van der Waals surface area contributed by atoms with Gasteiger partial charge in [-0.1, -0.05) is 61.2 Å². The molecule has 0 radical (unpaired) electrons. The summed E-state index contributed by atoms with van der Waals surface area (Å²) in [6, 6.07) is 22.6. The van der Waals surface area contributed by atoms with E-state index in [-0.39, 0.29) is 0 Å². The molecule has 0 saturated carbocycles. The van der Waals surface area contributed by atoms with Crippen molar-refractivity contribution in [1.29, 1.82) is 0 Å². The first-order valence-corrected chi connectivity index (χ1v) is 7.91. The highest BCUT2D eigenvalue weighted by Crippen LogP contribution is 2.41. The summed E-state index contributed by atoms with van der Waals surface area (Å²) < 4.78 is 5.14. The lowest BCUT2D eigenvalue weighted by Crippen LogP contribution is -2.02. The van der Waals surface area contributed by atoms with E-state index in [1.807, 2.05) is 24.3 Å². The highest BCUT2D eigenvalue weighted by Gasteiger charge is 2.20. The molecule has 116 valence electrons. The number of esters is 1. The number of fused-ring (bicyclic) bond motifs is 3. The third-order valence-electron chi connectivity index (χ3n) is 4.40. The van der Waals surface area contributed by atoms with E-state index in [4.69, 9.17) is 4.74 Å². The van der Waals surface area contributed by atoms with E-state index in [1.54, 1.807) is 0 Å². The molecule has 0 amide bonds. The van der Waals surface area contributed by atoms with Gasteiger partial charge in [0.25, 0.3) is 0 Å². The van der Waals surface area contributed by atoms with Crippen molar-refractivity contribution >= 4 is 5.97 Å². The van der Waals surface area contributed by atoms with Crippen LogP contribution in [0.15, 0.2) is 79.4 Å². The predicted molar refractivity (Wildman–Crippen MR) is 96.0 cm³/mol. The number of carbonyl (C=O) groups excluding carboxylic acids is 1. The van der Waals surface area contributed by atoms with E-state index in [9.17, 15) is 4.79 Å². The van der Waals surface area contributed by atoms with Crippen LogP contribution in [0.5, 0.6) is 5.75 Å². The molecule has 1 aliphatic rings. The summed E-state index contributed by atoms with van der Waals surface area (Å²) in [6.07, 6.45) is 2.12. The molecule has 3 aromatic carbocycles. The first kappa shape index (κ1) is 14.5. The molecule has 0 atom stereocenters. The Balaban J connectivity index is 1.72. The maximum Gasteiger partial charge on any atom is 0.335 e. The fraction of sp³-hybridized carbons (Fsp3) is 0.0455. The van der Waals surface area contributed by atoms with Crippen molar-refractivity contribution in [3.05, 3.63) is 90.5 Å². The van der Waals surface area contributed by atoms with Gasteiger partial charge in [0.1, 0.15) is 5.75 Å². The third kappa shape index (κ3) is 2.42. The monoisotopic (exact) mass is 312 g/mol. The summed E-state index contributed by atoms with van der Waals surface area (Å²) in [4.78, 5) is 11.3. The second-order valence-corrected chi connectivity index (χ2v) is 5.82. The minimum absolute atomic E-state index is 0.446. The van der Waals surface area contributed by atoms with Crippen molar-refractivity contribution in [2.45, 2.75) is 6.42 Å². The molecule has 2 nitrogen and oxygen atoms in total. The number of ether oxygens (including phenoxy) is 1. The molecule has 0 fully saturated rings. The average molecular weight is 312 g/mol. The maximum atomic E-state index is 11.3. The van der Waals surface area contributed by atoms with Crippen LogP contribution in [0.25, 0.3) is 22.3 Å². The first-order valence-electron chi connectivity index (χ1n) is 7.91. The zero-order valence-electron chi connectivity index (χ0n) is 13.2. The summed E-state index contributed by atoms with van der Waals surface area (Å²) in [7, 11) is 0. The van der Waals surface area contributed by atoms with Crippen LogP contribution in [-0.2, 0) is 11.2 Å². The number of hydrogen-bond donors (Lipinski definition) is 0. The Kier molecular flexibility index (Phi) is 3.51. The van der Waals surface area contributed by atoms with Gasteiger partial charge in [0.15, 0.2) is 0 Å². The Morgan fingerprint density at radius 1 is 0.875 bits per heavy atom. The fourth-order valence-electron chi connectivity index (χ4n) is 3.29. The van der Waals surface area contributed by atoms with E-state index < -0.39 is 5.97 Å². The van der Waals surface area contributed by atoms with Crippen LogP contribution in [0.3, 0.4) is 0 Å². The number of carbonyl (C=O) groups is 1. The minimum atomic E-state index is -0.446. The van der Waals surface area contributed by atoms with E-state index in [0.717, 1.165) is 18.1 Å². The summed E-state index contributed by atoms with van der Waals surface area (Å²) in [6.45, 7) is 3.41. The summed E-state index contributed by atoms with van der Waals surface area (Å²) >= 11 is 0. The molecule has 1 aliphatic carbocycles. The van der Waals surface area contributed by atoms with E-state index in [1.165, 1.54) is 27.8 Å². The van der Waals surface area contributed by atoms with Gasteiger partial charge < -0.3 is 4.74 Å². The molecule has 0 N–H and O–H groups in total. The van der Waals surface area contributed by atoms with Crippen molar-refractivity contribution in [3.63, 3.8) is 0 Å². The third-order valence-corrected chi connectivity index (χ3v) is 4.40. The van der Waals surface area contributed by atoms with Gasteiger partial charge in [-0.25, -0.2) is 4.79 Å². The lowest BCUT2D eigenvalue weighted by atomic mass is 9.96. The normalized spacial score (nSPS) is 11.5. The molecule has 0 saturated heterocycles. The molecule has 2 heteroatoms. The van der Waals surface area contributed by atoms with Gasteiger partial charge in [-0.2, -0.15) is 0 Å². The van der Waals surface area contributed by atoms with Gasteiger partial charge in [0.2, 0.25) is 0 Å². The second-order valence-electron chi connectivity index (χ2n) is 5.82. The fourth-order valence-corrected chi connectivity index (χ4v) is 3.29. The zero-order valence-corrected chi connectivity index (χ0v) is 13.2. The second kappa shape index (κ2) is 5.82. The highest BCUT2D eigenvalue weighted by atomic mass is 16.5. The summed E-state index contributed by atoms with van der Waals surface area (Å²) in [5, 5.41) is 0. The molecule has 0 unspecified atom stereocenters. The molecule has 0 aliphatic heterocycles. The molecule has 4 rings (SSSR count). The van der Waals surface area contributed by atoms with Crippen LogP contribution in [0.1, 0.15) is 11.1 Å². The standard InChI is InChI=1S/C22H16O2/c1-2-22(23)24-17-12-10-15(11-13-17)18-8-5-9-20-19-7-4-3-6-16(19)14-21(18)20/h2-13H,1,14H2. The first-order chi connectivity index (χ1) is 11.8. The Labute approximate surface area is 141 Å². The van der Waals surface area contributed by atoms with Gasteiger partial charge >= 0.3 is 5.97 Å². The zero-order chi connectivity index (χ0) is 16.5. The Bertz CT molecular complexity index is 936. The average Bonchev–Trinajstić information content (AvgIpc) is 3.01. The lowest BCUT2D eigenvalue weighted by Gasteiger charge is -2.10. The van der Waals surface area contributed by atoms with E-state index >= 15 is 0 Å². The number of benzene rings is 3. The van der Waals surface area contributed by atoms with E-state index in [2.05, 4.69) is 49.0 Å². The van der Waals surface area contributed by atoms with Crippen molar-refractivity contribution in [3.8, 4) is 28.0 Å².